The minimum Gasteiger partial charge on any atom is -0.481 e. The molecule has 7 heteroatoms. The molecule has 0 saturated heterocycles. The van der Waals surface area contributed by atoms with E-state index in [0.717, 1.165) is 0 Å². The molecule has 0 heterocycles. The fourth-order valence-electron chi connectivity index (χ4n) is 1.07. The molecule has 110 valence electrons. The van der Waals surface area contributed by atoms with Crippen LogP contribution in [0.1, 0.15) is 27.2 Å². The molecule has 0 aliphatic carbocycles. The topological polar surface area (TPSA) is 95.5 Å². The molecular weight excluding hydrogens is 268 g/mol. The lowest BCUT2D eigenvalue weighted by Crippen LogP contribution is -2.37. The van der Waals surface area contributed by atoms with Crippen LogP contribution < -0.4 is 10.6 Å². The van der Waals surface area contributed by atoms with Crippen molar-refractivity contribution in [3.8, 4) is 0 Å². The summed E-state index contributed by atoms with van der Waals surface area (Å²) in [6, 6.07) is 0. The number of hydrogen-bond donors (Lipinski definition) is 3. The number of amides is 2. The summed E-state index contributed by atoms with van der Waals surface area (Å²) in [5, 5.41) is 13.8. The molecule has 0 aromatic carbocycles. The monoisotopic (exact) mass is 290 g/mol. The Balaban J connectivity index is 3.55. The molecule has 3 N–H and O–H groups in total. The molecule has 0 aromatic heterocycles. The molecule has 0 spiro atoms. The SMILES string of the molecule is CC(C)(C)C(=O)NCCC(=O)NCCSCC(=O)O. The molecule has 19 heavy (non-hydrogen) atoms. The smallest absolute Gasteiger partial charge is 0.313 e. The van der Waals surface area contributed by atoms with Crippen molar-refractivity contribution in [1.82, 2.24) is 10.6 Å². The van der Waals surface area contributed by atoms with Crippen LogP contribution in [0.15, 0.2) is 0 Å². The summed E-state index contributed by atoms with van der Waals surface area (Å²) < 4.78 is 0. The van der Waals surface area contributed by atoms with Crippen LogP contribution in [-0.4, -0.2) is 47.5 Å². The maximum Gasteiger partial charge on any atom is 0.313 e. The maximum atomic E-state index is 11.5. The van der Waals surface area contributed by atoms with Crippen molar-refractivity contribution in [2.75, 3.05) is 24.6 Å². The van der Waals surface area contributed by atoms with E-state index in [1.807, 2.05) is 20.8 Å². The van der Waals surface area contributed by atoms with Crippen molar-refractivity contribution in [2.24, 2.45) is 5.41 Å². The second-order valence-corrected chi connectivity index (χ2v) is 6.16. The number of hydrogen-bond acceptors (Lipinski definition) is 4. The van der Waals surface area contributed by atoms with Crippen LogP contribution in [0, 0.1) is 5.41 Å². The van der Waals surface area contributed by atoms with Gasteiger partial charge in [-0.3, -0.25) is 14.4 Å². The highest BCUT2D eigenvalue weighted by Gasteiger charge is 2.20. The first-order chi connectivity index (χ1) is 8.73. The fraction of sp³-hybridized carbons (Fsp3) is 0.750. The van der Waals surface area contributed by atoms with Crippen molar-refractivity contribution in [1.29, 1.82) is 0 Å². The Morgan fingerprint density at radius 2 is 1.74 bits per heavy atom. The van der Waals surface area contributed by atoms with E-state index < -0.39 is 11.4 Å². The van der Waals surface area contributed by atoms with Crippen molar-refractivity contribution in [3.63, 3.8) is 0 Å². The largest absolute Gasteiger partial charge is 0.481 e. The van der Waals surface area contributed by atoms with Gasteiger partial charge in [0.05, 0.1) is 5.75 Å². The van der Waals surface area contributed by atoms with Gasteiger partial charge in [0.15, 0.2) is 0 Å². The molecule has 0 rings (SSSR count). The lowest BCUT2D eigenvalue weighted by molar-refractivity contribution is -0.134. The normalized spacial score (nSPS) is 10.9. The quantitative estimate of drug-likeness (QED) is 0.565. The molecular formula is C12H22N2O4S. The molecule has 0 radical (unpaired) electrons. The summed E-state index contributed by atoms with van der Waals surface area (Å²) in [4.78, 5) is 33.1. The fourth-order valence-corrected chi connectivity index (χ4v) is 1.63. The molecule has 0 aliphatic rings. The molecule has 0 atom stereocenters. The van der Waals surface area contributed by atoms with Gasteiger partial charge in [0, 0.05) is 30.7 Å². The molecule has 0 unspecified atom stereocenters. The van der Waals surface area contributed by atoms with Crippen LogP contribution in [-0.2, 0) is 14.4 Å². The second-order valence-electron chi connectivity index (χ2n) is 5.05. The van der Waals surface area contributed by atoms with Gasteiger partial charge < -0.3 is 15.7 Å². The van der Waals surface area contributed by atoms with Crippen LogP contribution in [0.4, 0.5) is 0 Å². The summed E-state index contributed by atoms with van der Waals surface area (Å²) in [5.74, 6) is -0.493. The van der Waals surface area contributed by atoms with Gasteiger partial charge in [0.2, 0.25) is 11.8 Å². The first-order valence-corrected chi connectivity index (χ1v) is 7.23. The number of carbonyl (C=O) groups is 3. The first-order valence-electron chi connectivity index (χ1n) is 6.08. The zero-order valence-corrected chi connectivity index (χ0v) is 12.4. The average Bonchev–Trinajstić information content (AvgIpc) is 2.26. The van der Waals surface area contributed by atoms with Gasteiger partial charge in [-0.2, -0.15) is 0 Å². The third kappa shape index (κ3) is 10.4. The summed E-state index contributed by atoms with van der Waals surface area (Å²) in [7, 11) is 0. The van der Waals surface area contributed by atoms with Crippen molar-refractivity contribution >= 4 is 29.5 Å². The Hall–Kier alpha value is -1.24. The minimum atomic E-state index is -0.860. The zero-order valence-electron chi connectivity index (χ0n) is 11.6. The summed E-state index contributed by atoms with van der Waals surface area (Å²) in [5.41, 5.74) is -0.454. The van der Waals surface area contributed by atoms with Crippen LogP contribution in [0.2, 0.25) is 0 Å². The first kappa shape index (κ1) is 17.8. The molecule has 0 aromatic rings. The van der Waals surface area contributed by atoms with E-state index in [4.69, 9.17) is 5.11 Å². The van der Waals surface area contributed by atoms with Gasteiger partial charge in [0.25, 0.3) is 0 Å². The minimum absolute atomic E-state index is 0.0392. The number of aliphatic carboxylic acids is 1. The van der Waals surface area contributed by atoms with E-state index in [0.29, 0.717) is 18.8 Å². The third-order valence-electron chi connectivity index (χ3n) is 2.11. The van der Waals surface area contributed by atoms with Gasteiger partial charge in [-0.25, -0.2) is 0 Å². The number of thioether (sulfide) groups is 1. The highest BCUT2D eigenvalue weighted by molar-refractivity contribution is 7.99. The molecule has 0 fully saturated rings. The van der Waals surface area contributed by atoms with Crippen LogP contribution in [0.5, 0.6) is 0 Å². The Labute approximate surface area is 117 Å². The van der Waals surface area contributed by atoms with Crippen molar-refractivity contribution in [2.45, 2.75) is 27.2 Å². The zero-order chi connectivity index (χ0) is 14.9. The van der Waals surface area contributed by atoms with E-state index in [9.17, 15) is 14.4 Å². The highest BCUT2D eigenvalue weighted by Crippen LogP contribution is 2.11. The number of carboxylic acid groups (broad SMARTS) is 1. The molecule has 0 bridgehead atoms. The van der Waals surface area contributed by atoms with Gasteiger partial charge in [-0.05, 0) is 0 Å². The maximum absolute atomic E-state index is 11.5. The average molecular weight is 290 g/mol. The lowest BCUT2D eigenvalue weighted by Gasteiger charge is -2.17. The van der Waals surface area contributed by atoms with Gasteiger partial charge >= 0.3 is 5.97 Å². The van der Waals surface area contributed by atoms with E-state index in [-0.39, 0.29) is 24.0 Å². The van der Waals surface area contributed by atoms with E-state index in [2.05, 4.69) is 10.6 Å². The van der Waals surface area contributed by atoms with E-state index in [1.165, 1.54) is 11.8 Å². The summed E-state index contributed by atoms with van der Waals surface area (Å²) >= 11 is 1.25. The molecule has 0 saturated carbocycles. The molecule has 2 amide bonds. The summed E-state index contributed by atoms with van der Waals surface area (Å²) in [6.07, 6.45) is 0.228. The number of nitrogens with one attached hydrogen (secondary N) is 2. The Morgan fingerprint density at radius 3 is 2.26 bits per heavy atom. The summed E-state index contributed by atoms with van der Waals surface area (Å²) in [6.45, 7) is 6.17. The third-order valence-corrected chi connectivity index (χ3v) is 3.06. The van der Waals surface area contributed by atoms with E-state index in [1.54, 1.807) is 0 Å². The molecule has 0 aliphatic heterocycles. The van der Waals surface area contributed by atoms with Crippen molar-refractivity contribution in [3.05, 3.63) is 0 Å². The standard InChI is InChI=1S/C12H22N2O4S/c1-12(2,3)11(18)14-5-4-9(15)13-6-7-19-8-10(16)17/h4-8H2,1-3H3,(H,13,15)(H,14,18)(H,16,17). The Kier molecular flexibility index (Phi) is 8.22. The van der Waals surface area contributed by atoms with Crippen LogP contribution >= 0.6 is 11.8 Å². The van der Waals surface area contributed by atoms with Crippen LogP contribution in [0.3, 0.4) is 0 Å². The predicted molar refractivity (Wildman–Crippen MR) is 75.1 cm³/mol. The Morgan fingerprint density at radius 1 is 1.11 bits per heavy atom. The van der Waals surface area contributed by atoms with Crippen molar-refractivity contribution < 1.29 is 19.5 Å². The highest BCUT2D eigenvalue weighted by atomic mass is 32.2. The van der Waals surface area contributed by atoms with E-state index >= 15 is 0 Å². The molecule has 6 nitrogen and oxygen atoms in total. The van der Waals surface area contributed by atoms with Gasteiger partial charge in [-0.15, -0.1) is 11.8 Å². The number of carboxylic acids is 1. The van der Waals surface area contributed by atoms with Gasteiger partial charge in [-0.1, -0.05) is 20.8 Å². The second kappa shape index (κ2) is 8.79. The predicted octanol–water partition coefficient (Wildman–Crippen LogP) is 0.473. The Bertz CT molecular complexity index is 326. The van der Waals surface area contributed by atoms with Crippen LogP contribution in [0.25, 0.3) is 0 Å². The lowest BCUT2D eigenvalue weighted by atomic mass is 9.96. The number of carbonyl (C=O) groups excluding carboxylic acids is 2. The van der Waals surface area contributed by atoms with Gasteiger partial charge in [0.1, 0.15) is 0 Å². The number of rotatable bonds is 8.